The van der Waals surface area contributed by atoms with Crippen LogP contribution in [0.5, 0.6) is 0 Å². The minimum Gasteiger partial charge on any atom is -0.480 e. The van der Waals surface area contributed by atoms with Crippen molar-refractivity contribution >= 4 is 5.97 Å². The van der Waals surface area contributed by atoms with Crippen molar-refractivity contribution < 1.29 is 14.3 Å². The van der Waals surface area contributed by atoms with Gasteiger partial charge in [-0.1, -0.05) is 6.07 Å². The number of carboxylic acids is 1. The Hall–Kier alpha value is -1.42. The highest BCUT2D eigenvalue weighted by molar-refractivity contribution is 5.73. The third kappa shape index (κ3) is 2.76. The van der Waals surface area contributed by atoms with Crippen molar-refractivity contribution in [2.75, 3.05) is 0 Å². The largest absolute Gasteiger partial charge is 0.480 e. The van der Waals surface area contributed by atoms with Crippen LogP contribution in [-0.4, -0.2) is 17.1 Å². The van der Waals surface area contributed by atoms with Crippen LogP contribution in [0.3, 0.4) is 0 Å². The van der Waals surface area contributed by atoms with Crippen LogP contribution in [-0.2, 0) is 11.2 Å². The Morgan fingerprint density at radius 3 is 2.60 bits per heavy atom. The van der Waals surface area contributed by atoms with E-state index in [-0.39, 0.29) is 12.2 Å². The van der Waals surface area contributed by atoms with E-state index in [1.54, 1.807) is 19.9 Å². The molecule has 4 heteroatoms. The molecule has 1 aromatic rings. The summed E-state index contributed by atoms with van der Waals surface area (Å²) in [5, 5.41) is 8.62. The van der Waals surface area contributed by atoms with E-state index in [0.717, 1.165) is 5.56 Å². The average Bonchev–Trinajstić information content (AvgIpc) is 2.13. The van der Waals surface area contributed by atoms with Gasteiger partial charge in [-0.25, -0.2) is 4.39 Å². The molecule has 0 saturated carbocycles. The maximum atomic E-state index is 13.3. The first kappa shape index (κ1) is 11.7. The molecule has 0 aliphatic heterocycles. The van der Waals surface area contributed by atoms with Gasteiger partial charge in [-0.15, -0.1) is 0 Å². The maximum absolute atomic E-state index is 13.3. The molecular weight excluding hydrogens is 197 g/mol. The number of hydrogen-bond acceptors (Lipinski definition) is 2. The Morgan fingerprint density at radius 1 is 1.53 bits per heavy atom. The normalized spacial score (nSPS) is 12.5. The zero-order valence-corrected chi connectivity index (χ0v) is 8.75. The minimum absolute atomic E-state index is 0.146. The molecule has 0 heterocycles. The van der Waals surface area contributed by atoms with Gasteiger partial charge >= 0.3 is 5.97 Å². The lowest BCUT2D eigenvalue weighted by Crippen LogP contribution is -2.32. The van der Waals surface area contributed by atoms with Crippen molar-refractivity contribution in [3.05, 3.63) is 34.6 Å². The fourth-order valence-corrected chi connectivity index (χ4v) is 1.35. The summed E-state index contributed by atoms with van der Waals surface area (Å²) in [5.74, 6) is -1.39. The van der Waals surface area contributed by atoms with Crippen molar-refractivity contribution in [1.29, 1.82) is 0 Å². The second-order valence-corrected chi connectivity index (χ2v) is 3.67. The Labute approximate surface area is 87.7 Å². The lowest BCUT2D eigenvalue weighted by molar-refractivity contribution is -0.138. The SMILES string of the molecule is Cc1cc(CC(N)C(=O)O)cc(F)c1C. The van der Waals surface area contributed by atoms with Gasteiger partial charge in [0.15, 0.2) is 0 Å². The van der Waals surface area contributed by atoms with Gasteiger partial charge in [-0.05, 0) is 43.0 Å². The van der Waals surface area contributed by atoms with Gasteiger partial charge in [0, 0.05) is 0 Å². The molecule has 0 aliphatic carbocycles. The molecule has 82 valence electrons. The predicted molar refractivity (Wildman–Crippen MR) is 55.2 cm³/mol. The summed E-state index contributed by atoms with van der Waals surface area (Å²) in [4.78, 5) is 10.5. The third-order valence-corrected chi connectivity index (χ3v) is 2.44. The Bertz CT molecular complexity index is 367. The fraction of sp³-hybridized carbons (Fsp3) is 0.364. The molecule has 1 rings (SSSR count). The third-order valence-electron chi connectivity index (χ3n) is 2.44. The van der Waals surface area contributed by atoms with Crippen molar-refractivity contribution in [2.24, 2.45) is 5.73 Å². The van der Waals surface area contributed by atoms with Crippen molar-refractivity contribution in [3.63, 3.8) is 0 Å². The zero-order chi connectivity index (χ0) is 11.6. The van der Waals surface area contributed by atoms with Gasteiger partial charge < -0.3 is 10.8 Å². The van der Waals surface area contributed by atoms with Crippen LogP contribution in [0.25, 0.3) is 0 Å². The maximum Gasteiger partial charge on any atom is 0.320 e. The molecular formula is C11H14FNO2. The predicted octanol–water partition coefficient (Wildman–Crippen LogP) is 1.40. The molecule has 0 amide bonds. The van der Waals surface area contributed by atoms with Crippen LogP contribution < -0.4 is 5.73 Å². The Balaban J connectivity index is 2.92. The van der Waals surface area contributed by atoms with Crippen molar-refractivity contribution in [3.8, 4) is 0 Å². The van der Waals surface area contributed by atoms with Crippen LogP contribution in [0.1, 0.15) is 16.7 Å². The van der Waals surface area contributed by atoms with Crippen LogP contribution in [0.4, 0.5) is 4.39 Å². The number of rotatable bonds is 3. The van der Waals surface area contributed by atoms with Crippen molar-refractivity contribution in [1.82, 2.24) is 0 Å². The molecule has 0 saturated heterocycles. The van der Waals surface area contributed by atoms with Gasteiger partial charge in [-0.3, -0.25) is 4.79 Å². The highest BCUT2D eigenvalue weighted by Crippen LogP contribution is 2.15. The molecule has 0 bridgehead atoms. The zero-order valence-electron chi connectivity index (χ0n) is 8.75. The van der Waals surface area contributed by atoms with Gasteiger partial charge in [0.2, 0.25) is 0 Å². The van der Waals surface area contributed by atoms with Crippen LogP contribution in [0.2, 0.25) is 0 Å². The number of halogens is 1. The van der Waals surface area contributed by atoms with Gasteiger partial charge in [0.1, 0.15) is 11.9 Å². The molecule has 1 unspecified atom stereocenters. The number of carboxylic acid groups (broad SMARTS) is 1. The lowest BCUT2D eigenvalue weighted by Gasteiger charge is -2.09. The molecule has 1 aromatic carbocycles. The summed E-state index contributed by atoms with van der Waals surface area (Å²) in [6, 6.07) is 2.12. The molecule has 0 fully saturated rings. The molecule has 0 radical (unpaired) electrons. The summed E-state index contributed by atoms with van der Waals surface area (Å²) in [7, 11) is 0. The lowest BCUT2D eigenvalue weighted by atomic mass is 10.0. The number of benzene rings is 1. The second kappa shape index (κ2) is 4.40. The van der Waals surface area contributed by atoms with E-state index in [1.807, 2.05) is 0 Å². The van der Waals surface area contributed by atoms with Crippen LogP contribution in [0, 0.1) is 19.7 Å². The molecule has 0 aliphatic rings. The van der Waals surface area contributed by atoms with Crippen molar-refractivity contribution in [2.45, 2.75) is 26.3 Å². The highest BCUT2D eigenvalue weighted by Gasteiger charge is 2.13. The molecule has 0 aromatic heterocycles. The number of hydrogen-bond donors (Lipinski definition) is 2. The number of carbonyl (C=O) groups is 1. The summed E-state index contributed by atoms with van der Waals surface area (Å²) < 4.78 is 13.3. The van der Waals surface area contributed by atoms with E-state index < -0.39 is 12.0 Å². The molecule has 3 N–H and O–H groups in total. The smallest absolute Gasteiger partial charge is 0.320 e. The summed E-state index contributed by atoms with van der Waals surface area (Å²) in [5.41, 5.74) is 7.37. The fourth-order valence-electron chi connectivity index (χ4n) is 1.35. The Kier molecular flexibility index (Phi) is 3.42. The highest BCUT2D eigenvalue weighted by atomic mass is 19.1. The topological polar surface area (TPSA) is 63.3 Å². The number of nitrogens with two attached hydrogens (primary N) is 1. The van der Waals surface area contributed by atoms with E-state index >= 15 is 0 Å². The summed E-state index contributed by atoms with van der Waals surface area (Å²) in [6.45, 7) is 3.47. The van der Waals surface area contributed by atoms with E-state index in [0.29, 0.717) is 11.1 Å². The standard InChI is InChI=1S/C11H14FNO2/c1-6-3-8(4-9(12)7(6)2)5-10(13)11(14)15/h3-4,10H,5,13H2,1-2H3,(H,14,15). The monoisotopic (exact) mass is 211 g/mol. The Morgan fingerprint density at radius 2 is 2.13 bits per heavy atom. The first-order valence-electron chi connectivity index (χ1n) is 4.66. The molecule has 15 heavy (non-hydrogen) atoms. The summed E-state index contributed by atoms with van der Waals surface area (Å²) >= 11 is 0. The van der Waals surface area contributed by atoms with Gasteiger partial charge in [0.05, 0.1) is 0 Å². The van der Waals surface area contributed by atoms with E-state index in [2.05, 4.69) is 0 Å². The second-order valence-electron chi connectivity index (χ2n) is 3.67. The molecule has 3 nitrogen and oxygen atoms in total. The number of aliphatic carboxylic acids is 1. The minimum atomic E-state index is -1.08. The first-order chi connectivity index (χ1) is 6.91. The van der Waals surface area contributed by atoms with E-state index in [9.17, 15) is 9.18 Å². The van der Waals surface area contributed by atoms with E-state index in [4.69, 9.17) is 10.8 Å². The average molecular weight is 211 g/mol. The van der Waals surface area contributed by atoms with Crippen LogP contribution >= 0.6 is 0 Å². The molecule has 0 spiro atoms. The quantitative estimate of drug-likeness (QED) is 0.794. The van der Waals surface area contributed by atoms with Gasteiger partial charge in [0.25, 0.3) is 0 Å². The van der Waals surface area contributed by atoms with Gasteiger partial charge in [-0.2, -0.15) is 0 Å². The molecule has 1 atom stereocenters. The van der Waals surface area contributed by atoms with E-state index in [1.165, 1.54) is 6.07 Å². The number of aryl methyl sites for hydroxylation is 1. The van der Waals surface area contributed by atoms with Crippen LogP contribution in [0.15, 0.2) is 12.1 Å². The first-order valence-corrected chi connectivity index (χ1v) is 4.66. The summed E-state index contributed by atoms with van der Waals surface area (Å²) in [6.07, 6.45) is 0.146.